The highest BCUT2D eigenvalue weighted by molar-refractivity contribution is 5.96. The third kappa shape index (κ3) is 4.89. The van der Waals surface area contributed by atoms with Gasteiger partial charge < -0.3 is 4.90 Å². The largest absolute Gasteiger partial charge is 0.310 e. The van der Waals surface area contributed by atoms with Gasteiger partial charge in [0, 0.05) is 34.1 Å². The molecular formula is C52H34N4. The van der Waals surface area contributed by atoms with Gasteiger partial charge in [0.2, 0.25) is 0 Å². The van der Waals surface area contributed by atoms with Crippen molar-refractivity contribution in [1.82, 2.24) is 15.0 Å². The van der Waals surface area contributed by atoms with Crippen LogP contribution in [-0.4, -0.2) is 15.0 Å². The summed E-state index contributed by atoms with van der Waals surface area (Å²) < 4.78 is 0. The van der Waals surface area contributed by atoms with E-state index in [4.69, 9.17) is 15.0 Å². The maximum absolute atomic E-state index is 5.28. The van der Waals surface area contributed by atoms with E-state index < -0.39 is 5.41 Å². The van der Waals surface area contributed by atoms with E-state index in [-0.39, 0.29) is 0 Å². The van der Waals surface area contributed by atoms with Gasteiger partial charge in [0.15, 0.2) is 5.82 Å². The lowest BCUT2D eigenvalue weighted by Gasteiger charge is -2.44. The van der Waals surface area contributed by atoms with Crippen LogP contribution in [0.25, 0.3) is 56.2 Å². The number of pyridine rings is 1. The van der Waals surface area contributed by atoms with Crippen molar-refractivity contribution in [1.29, 1.82) is 0 Å². The Balaban J connectivity index is 1.14. The second kappa shape index (κ2) is 12.9. The van der Waals surface area contributed by atoms with E-state index in [1.165, 1.54) is 33.4 Å². The third-order valence-corrected chi connectivity index (χ3v) is 11.3. The van der Waals surface area contributed by atoms with E-state index in [0.29, 0.717) is 5.82 Å². The van der Waals surface area contributed by atoms with Gasteiger partial charge in [0.25, 0.3) is 0 Å². The van der Waals surface area contributed by atoms with Gasteiger partial charge in [0.05, 0.1) is 33.9 Å². The molecule has 56 heavy (non-hydrogen) atoms. The molecule has 0 amide bonds. The smallest absolute Gasteiger partial charge is 0.160 e. The number of para-hydroxylation sites is 3. The Morgan fingerprint density at radius 1 is 0.375 bits per heavy atom. The van der Waals surface area contributed by atoms with Crippen LogP contribution in [0.15, 0.2) is 206 Å². The number of benzene rings is 7. The SMILES string of the molecule is c1ccc(-c2ccc(-c3cc(-c4ccc5c(c4)C4(c6ccccc6N(c6ccccc6)c6ccccc64)c4ncccc4-5)nc(-c4ccccc4)n3)cc2)cc1. The monoisotopic (exact) mass is 714 g/mol. The quantitative estimate of drug-likeness (QED) is 0.178. The molecule has 2 aromatic heterocycles. The number of hydrogen-bond donors (Lipinski definition) is 0. The molecule has 0 unspecified atom stereocenters. The van der Waals surface area contributed by atoms with Crippen molar-refractivity contribution in [2.24, 2.45) is 0 Å². The topological polar surface area (TPSA) is 41.9 Å². The van der Waals surface area contributed by atoms with Crippen LogP contribution in [0.4, 0.5) is 17.1 Å². The molecule has 0 N–H and O–H groups in total. The second-order valence-corrected chi connectivity index (χ2v) is 14.4. The molecule has 0 radical (unpaired) electrons. The molecule has 4 heteroatoms. The van der Waals surface area contributed by atoms with E-state index in [2.05, 4.69) is 181 Å². The Bertz CT molecular complexity index is 2860. The van der Waals surface area contributed by atoms with E-state index in [0.717, 1.165) is 56.4 Å². The molecule has 1 spiro atoms. The number of hydrogen-bond acceptors (Lipinski definition) is 4. The van der Waals surface area contributed by atoms with Gasteiger partial charge in [-0.05, 0) is 75.8 Å². The van der Waals surface area contributed by atoms with Gasteiger partial charge in [-0.15, -0.1) is 0 Å². The van der Waals surface area contributed by atoms with Crippen LogP contribution < -0.4 is 4.90 Å². The average Bonchev–Trinajstić information content (AvgIpc) is 3.57. The first-order chi connectivity index (χ1) is 27.8. The predicted octanol–water partition coefficient (Wildman–Crippen LogP) is 12.7. The summed E-state index contributed by atoms with van der Waals surface area (Å²) >= 11 is 0. The van der Waals surface area contributed by atoms with Crippen molar-refractivity contribution in [3.05, 3.63) is 229 Å². The van der Waals surface area contributed by atoms with Crippen molar-refractivity contribution in [3.63, 3.8) is 0 Å². The number of aromatic nitrogens is 3. The molecular weight excluding hydrogens is 681 g/mol. The molecule has 0 fully saturated rings. The number of nitrogens with zero attached hydrogens (tertiary/aromatic N) is 4. The maximum Gasteiger partial charge on any atom is 0.160 e. The van der Waals surface area contributed by atoms with Crippen LogP contribution >= 0.6 is 0 Å². The van der Waals surface area contributed by atoms with E-state index >= 15 is 0 Å². The van der Waals surface area contributed by atoms with Gasteiger partial charge in [-0.3, -0.25) is 4.98 Å². The first-order valence-electron chi connectivity index (χ1n) is 19.0. The highest BCUT2D eigenvalue weighted by atomic mass is 15.2. The van der Waals surface area contributed by atoms with E-state index in [1.807, 2.05) is 30.5 Å². The number of anilines is 3. The number of rotatable bonds is 5. The summed E-state index contributed by atoms with van der Waals surface area (Å²) in [5, 5.41) is 0. The van der Waals surface area contributed by atoms with Crippen LogP contribution in [0, 0.1) is 0 Å². The summed E-state index contributed by atoms with van der Waals surface area (Å²) in [6.07, 6.45) is 1.94. The minimum absolute atomic E-state index is 0.661. The van der Waals surface area contributed by atoms with Crippen LogP contribution in [0.5, 0.6) is 0 Å². The highest BCUT2D eigenvalue weighted by Crippen LogP contribution is 2.63. The maximum atomic E-state index is 5.28. The summed E-state index contributed by atoms with van der Waals surface area (Å²) in [5.41, 5.74) is 16.9. The third-order valence-electron chi connectivity index (χ3n) is 11.3. The summed E-state index contributed by atoms with van der Waals surface area (Å²) in [4.78, 5) is 18.1. The van der Waals surface area contributed by atoms with Crippen molar-refractivity contribution >= 4 is 17.1 Å². The fourth-order valence-electron chi connectivity index (χ4n) is 8.87. The standard InChI is InChI=1S/C52H34N4/c1-4-15-35(16-5-1)36-26-28-37(29-27-36)46-34-47(55-51(54-46)38-17-6-2-7-18-38)39-30-31-41-42-21-14-32-53-50(42)52(45(41)33-39)43-22-10-12-24-48(43)56(40-19-8-3-9-20-40)49-25-13-11-23-44(49)52/h1-34H. The van der Waals surface area contributed by atoms with Crippen LogP contribution in [0.2, 0.25) is 0 Å². The van der Waals surface area contributed by atoms with Gasteiger partial charge >= 0.3 is 0 Å². The molecule has 11 rings (SSSR count). The molecule has 0 saturated heterocycles. The summed E-state index contributed by atoms with van der Waals surface area (Å²) in [6.45, 7) is 0. The molecule has 262 valence electrons. The van der Waals surface area contributed by atoms with Gasteiger partial charge in [-0.25, -0.2) is 9.97 Å². The van der Waals surface area contributed by atoms with Crippen molar-refractivity contribution < 1.29 is 0 Å². The normalized spacial score (nSPS) is 13.1. The predicted molar refractivity (Wildman–Crippen MR) is 227 cm³/mol. The van der Waals surface area contributed by atoms with Crippen molar-refractivity contribution in [2.45, 2.75) is 5.41 Å². The van der Waals surface area contributed by atoms with Crippen LogP contribution in [0.3, 0.4) is 0 Å². The zero-order valence-corrected chi connectivity index (χ0v) is 30.4. The molecule has 1 aliphatic heterocycles. The van der Waals surface area contributed by atoms with Gasteiger partial charge in [-0.2, -0.15) is 0 Å². The average molecular weight is 715 g/mol. The molecule has 7 aromatic carbocycles. The molecule has 2 aliphatic rings. The molecule has 0 saturated carbocycles. The second-order valence-electron chi connectivity index (χ2n) is 14.4. The van der Waals surface area contributed by atoms with Gasteiger partial charge in [-0.1, -0.05) is 158 Å². The minimum atomic E-state index is -0.661. The van der Waals surface area contributed by atoms with Gasteiger partial charge in [0.1, 0.15) is 0 Å². The fourth-order valence-corrected chi connectivity index (χ4v) is 8.87. The molecule has 0 atom stereocenters. The minimum Gasteiger partial charge on any atom is -0.310 e. The Hall–Kier alpha value is -7.43. The summed E-state index contributed by atoms with van der Waals surface area (Å²) in [7, 11) is 0. The van der Waals surface area contributed by atoms with E-state index in [1.54, 1.807) is 0 Å². The lowest BCUT2D eigenvalue weighted by atomic mass is 9.66. The zero-order valence-electron chi connectivity index (χ0n) is 30.4. The highest BCUT2D eigenvalue weighted by Gasteiger charge is 2.53. The Labute approximate surface area is 326 Å². The van der Waals surface area contributed by atoms with Crippen molar-refractivity contribution in [2.75, 3.05) is 4.90 Å². The first-order valence-corrected chi connectivity index (χ1v) is 19.0. The summed E-state index contributed by atoms with van der Waals surface area (Å²) in [5.74, 6) is 0.692. The van der Waals surface area contributed by atoms with Crippen molar-refractivity contribution in [3.8, 4) is 56.2 Å². The molecule has 3 heterocycles. The Morgan fingerprint density at radius 3 is 1.59 bits per heavy atom. The van der Waals surface area contributed by atoms with Crippen LogP contribution in [0.1, 0.15) is 22.4 Å². The molecule has 0 bridgehead atoms. The Kier molecular flexibility index (Phi) is 7.36. The molecule has 1 aliphatic carbocycles. The molecule has 9 aromatic rings. The zero-order chi connectivity index (χ0) is 37.1. The number of fused-ring (bicyclic) bond motifs is 9. The van der Waals surface area contributed by atoms with Crippen LogP contribution in [-0.2, 0) is 5.41 Å². The lowest BCUT2D eigenvalue weighted by molar-refractivity contribution is 0.725. The fraction of sp³-hybridized carbons (Fsp3) is 0.0192. The van der Waals surface area contributed by atoms with E-state index in [9.17, 15) is 0 Å². The lowest BCUT2D eigenvalue weighted by Crippen LogP contribution is -2.36. The Morgan fingerprint density at radius 2 is 0.911 bits per heavy atom. The first kappa shape index (κ1) is 32.0. The summed E-state index contributed by atoms with van der Waals surface area (Å²) in [6, 6.07) is 71.0. The molecule has 4 nitrogen and oxygen atoms in total.